The van der Waals surface area contributed by atoms with Crippen LogP contribution in [0.1, 0.15) is 18.7 Å². The van der Waals surface area contributed by atoms with Crippen molar-refractivity contribution in [1.82, 2.24) is 15.0 Å². The van der Waals surface area contributed by atoms with Crippen molar-refractivity contribution in [2.45, 2.75) is 13.0 Å². The zero-order valence-electron chi connectivity index (χ0n) is 9.16. The molecular weight excluding hydrogens is 206 g/mol. The largest absolute Gasteiger partial charge is 0.494 e. The Hall–Kier alpha value is -1.88. The fourth-order valence-electron chi connectivity index (χ4n) is 1.52. The van der Waals surface area contributed by atoms with E-state index in [4.69, 9.17) is 4.74 Å². The maximum Gasteiger partial charge on any atom is 0.144 e. The molecule has 2 rings (SSSR count). The molecule has 0 aliphatic rings. The lowest BCUT2D eigenvalue weighted by atomic mass is 10.2. The van der Waals surface area contributed by atoms with Crippen LogP contribution in [0, 0.1) is 0 Å². The Morgan fingerprint density at radius 2 is 2.12 bits per heavy atom. The Labute approximate surface area is 93.3 Å². The predicted octanol–water partition coefficient (Wildman–Crippen LogP) is 1.33. The number of aliphatic hydroxyl groups excluding tert-OH is 1. The molecule has 2 aromatic rings. The third-order valence-corrected chi connectivity index (χ3v) is 2.32. The van der Waals surface area contributed by atoms with E-state index in [1.807, 2.05) is 24.3 Å². The summed E-state index contributed by atoms with van der Waals surface area (Å²) in [6.07, 6.45) is 0.914. The number of aromatic nitrogens is 3. The smallest absolute Gasteiger partial charge is 0.144 e. The average Bonchev–Trinajstić information content (AvgIpc) is 2.77. The highest BCUT2D eigenvalue weighted by Gasteiger charge is 2.13. The lowest BCUT2D eigenvalue weighted by Crippen LogP contribution is -2.06. The number of hydrogen-bond donors (Lipinski definition) is 1. The molecule has 1 heterocycles. The lowest BCUT2D eigenvalue weighted by Gasteiger charge is -2.11. The molecule has 84 valence electrons. The first-order valence-electron chi connectivity index (χ1n) is 4.96. The number of methoxy groups -OCH3 is 1. The molecule has 1 aromatic carbocycles. The van der Waals surface area contributed by atoms with Crippen LogP contribution in [0.15, 0.2) is 30.5 Å². The van der Waals surface area contributed by atoms with E-state index in [-0.39, 0.29) is 0 Å². The Morgan fingerprint density at radius 1 is 1.38 bits per heavy atom. The van der Waals surface area contributed by atoms with Gasteiger partial charge in [0.05, 0.1) is 25.1 Å². The van der Waals surface area contributed by atoms with E-state index in [0.717, 1.165) is 5.69 Å². The summed E-state index contributed by atoms with van der Waals surface area (Å²) in [7, 11) is 1.60. The maximum absolute atomic E-state index is 9.58. The molecule has 1 N–H and O–H groups in total. The quantitative estimate of drug-likeness (QED) is 0.846. The molecule has 0 aliphatic carbocycles. The minimum atomic E-state index is -0.625. The van der Waals surface area contributed by atoms with Crippen LogP contribution in [0.4, 0.5) is 0 Å². The molecule has 1 unspecified atom stereocenters. The van der Waals surface area contributed by atoms with Gasteiger partial charge in [-0.25, -0.2) is 4.68 Å². The Morgan fingerprint density at radius 3 is 2.81 bits per heavy atom. The van der Waals surface area contributed by atoms with Crippen LogP contribution in [0.25, 0.3) is 5.69 Å². The molecule has 0 spiro atoms. The molecular formula is C11H13N3O2. The first-order chi connectivity index (χ1) is 7.74. The van der Waals surface area contributed by atoms with E-state index in [0.29, 0.717) is 11.4 Å². The van der Waals surface area contributed by atoms with Crippen molar-refractivity contribution >= 4 is 0 Å². The van der Waals surface area contributed by atoms with Gasteiger partial charge >= 0.3 is 0 Å². The molecule has 0 saturated heterocycles. The van der Waals surface area contributed by atoms with Crippen LogP contribution in [-0.2, 0) is 0 Å². The standard InChI is InChI=1S/C11H13N3O2/c1-8(15)10-7-12-13-14(10)9-5-3-4-6-11(9)16-2/h3-8,15H,1-2H3. The van der Waals surface area contributed by atoms with E-state index < -0.39 is 6.10 Å². The molecule has 5 nitrogen and oxygen atoms in total. The van der Waals surface area contributed by atoms with Crippen LogP contribution in [0.3, 0.4) is 0 Å². The number of aliphatic hydroxyl groups is 1. The summed E-state index contributed by atoms with van der Waals surface area (Å²) in [6.45, 7) is 1.67. The number of rotatable bonds is 3. The highest BCUT2D eigenvalue weighted by molar-refractivity contribution is 5.46. The monoisotopic (exact) mass is 219 g/mol. The van der Waals surface area contributed by atoms with Gasteiger partial charge in [0.2, 0.25) is 0 Å². The van der Waals surface area contributed by atoms with Crippen LogP contribution in [0.5, 0.6) is 5.75 Å². The lowest BCUT2D eigenvalue weighted by molar-refractivity contribution is 0.191. The molecule has 0 amide bonds. The Bertz CT molecular complexity index is 480. The van der Waals surface area contributed by atoms with Gasteiger partial charge in [-0.05, 0) is 19.1 Å². The second kappa shape index (κ2) is 4.32. The molecule has 0 aliphatic heterocycles. The summed E-state index contributed by atoms with van der Waals surface area (Å²) in [5.41, 5.74) is 1.39. The number of ether oxygens (including phenoxy) is 1. The molecule has 16 heavy (non-hydrogen) atoms. The summed E-state index contributed by atoms with van der Waals surface area (Å²) < 4.78 is 6.81. The summed E-state index contributed by atoms with van der Waals surface area (Å²) in [4.78, 5) is 0. The number of para-hydroxylation sites is 2. The highest BCUT2D eigenvalue weighted by Crippen LogP contribution is 2.24. The van der Waals surface area contributed by atoms with E-state index in [9.17, 15) is 5.11 Å². The van der Waals surface area contributed by atoms with Crippen LogP contribution >= 0.6 is 0 Å². The zero-order chi connectivity index (χ0) is 11.5. The van der Waals surface area contributed by atoms with Crippen molar-refractivity contribution in [3.63, 3.8) is 0 Å². The van der Waals surface area contributed by atoms with Crippen LogP contribution < -0.4 is 4.74 Å². The van der Waals surface area contributed by atoms with Gasteiger partial charge in [0, 0.05) is 0 Å². The first-order valence-corrected chi connectivity index (χ1v) is 4.96. The maximum atomic E-state index is 9.58. The second-order valence-corrected chi connectivity index (χ2v) is 3.42. The van der Waals surface area contributed by atoms with Crippen molar-refractivity contribution < 1.29 is 9.84 Å². The van der Waals surface area contributed by atoms with Crippen LogP contribution in [-0.4, -0.2) is 27.2 Å². The van der Waals surface area contributed by atoms with E-state index in [1.54, 1.807) is 18.7 Å². The highest BCUT2D eigenvalue weighted by atomic mass is 16.5. The van der Waals surface area contributed by atoms with Gasteiger partial charge < -0.3 is 9.84 Å². The van der Waals surface area contributed by atoms with Gasteiger partial charge in [-0.1, -0.05) is 17.3 Å². The van der Waals surface area contributed by atoms with E-state index >= 15 is 0 Å². The Kier molecular flexibility index (Phi) is 2.87. The van der Waals surface area contributed by atoms with Crippen molar-refractivity contribution in [1.29, 1.82) is 0 Å². The summed E-state index contributed by atoms with van der Waals surface area (Å²) >= 11 is 0. The van der Waals surface area contributed by atoms with Crippen molar-refractivity contribution in [3.05, 3.63) is 36.2 Å². The fourth-order valence-corrected chi connectivity index (χ4v) is 1.52. The van der Waals surface area contributed by atoms with Gasteiger partial charge in [0.1, 0.15) is 11.4 Å². The zero-order valence-corrected chi connectivity index (χ0v) is 9.16. The fraction of sp³-hybridized carbons (Fsp3) is 0.273. The molecule has 1 aromatic heterocycles. The van der Waals surface area contributed by atoms with Crippen LogP contribution in [0.2, 0.25) is 0 Å². The molecule has 0 fully saturated rings. The topological polar surface area (TPSA) is 60.2 Å². The normalized spacial score (nSPS) is 12.4. The van der Waals surface area contributed by atoms with Gasteiger partial charge in [0.25, 0.3) is 0 Å². The van der Waals surface area contributed by atoms with Crippen molar-refractivity contribution in [3.8, 4) is 11.4 Å². The molecule has 1 atom stereocenters. The minimum Gasteiger partial charge on any atom is -0.494 e. The van der Waals surface area contributed by atoms with Gasteiger partial charge in [0.15, 0.2) is 0 Å². The SMILES string of the molecule is COc1ccccc1-n1nncc1C(C)O. The summed E-state index contributed by atoms with van der Waals surface area (Å²) in [5.74, 6) is 0.690. The summed E-state index contributed by atoms with van der Waals surface area (Å²) in [5, 5.41) is 17.3. The van der Waals surface area contributed by atoms with Gasteiger partial charge in [-0.15, -0.1) is 5.10 Å². The van der Waals surface area contributed by atoms with E-state index in [2.05, 4.69) is 10.3 Å². The Balaban J connectivity index is 2.54. The van der Waals surface area contributed by atoms with Gasteiger partial charge in [-0.2, -0.15) is 0 Å². The number of benzene rings is 1. The van der Waals surface area contributed by atoms with E-state index in [1.165, 1.54) is 6.20 Å². The van der Waals surface area contributed by atoms with Crippen molar-refractivity contribution in [2.75, 3.05) is 7.11 Å². The third-order valence-electron chi connectivity index (χ3n) is 2.32. The summed E-state index contributed by atoms with van der Waals surface area (Å²) in [6, 6.07) is 7.45. The number of hydrogen-bond acceptors (Lipinski definition) is 4. The second-order valence-electron chi connectivity index (χ2n) is 3.42. The average molecular weight is 219 g/mol. The predicted molar refractivity (Wildman–Crippen MR) is 58.5 cm³/mol. The first kappa shape index (κ1) is 10.6. The molecule has 0 radical (unpaired) electrons. The molecule has 0 saturated carbocycles. The molecule has 0 bridgehead atoms. The third kappa shape index (κ3) is 1.77. The number of nitrogens with zero attached hydrogens (tertiary/aromatic N) is 3. The molecule has 5 heteroatoms. The minimum absolute atomic E-state index is 0.625. The van der Waals surface area contributed by atoms with Crippen molar-refractivity contribution in [2.24, 2.45) is 0 Å². The van der Waals surface area contributed by atoms with Gasteiger partial charge in [-0.3, -0.25) is 0 Å².